The average molecular weight is 741 g/mol. The molecule has 2 fully saturated rings. The lowest BCUT2D eigenvalue weighted by Crippen LogP contribution is -2.61. The number of ether oxygens (including phenoxy) is 1. The Morgan fingerprint density at radius 1 is 0.755 bits per heavy atom. The molecule has 53 heavy (non-hydrogen) atoms. The van der Waals surface area contributed by atoms with Gasteiger partial charge in [0.15, 0.2) is 0 Å². The minimum atomic E-state index is -0.878. The Balaban J connectivity index is 1.74. The highest BCUT2D eigenvalue weighted by Crippen LogP contribution is 2.29. The second-order valence-corrected chi connectivity index (χ2v) is 16.2. The predicted octanol–water partition coefficient (Wildman–Crippen LogP) is 3.78. The summed E-state index contributed by atoms with van der Waals surface area (Å²) in [7, 11) is 5.24. The van der Waals surface area contributed by atoms with Crippen molar-refractivity contribution < 1.29 is 33.5 Å². The number of benzene rings is 1. The molecule has 3 rings (SSSR count). The van der Waals surface area contributed by atoms with Crippen LogP contribution in [0.1, 0.15) is 87.5 Å². The summed E-state index contributed by atoms with van der Waals surface area (Å²) in [6.45, 7) is 15.8. The first-order valence-electron chi connectivity index (χ1n) is 19.3. The molecule has 0 radical (unpaired) electrons. The number of likely N-dealkylation sites (tertiary alicyclic amines) is 2. The maximum absolute atomic E-state index is 14.4. The van der Waals surface area contributed by atoms with Crippen LogP contribution in [0.15, 0.2) is 30.3 Å². The lowest BCUT2D eigenvalue weighted by Gasteiger charge is -2.38. The van der Waals surface area contributed by atoms with Gasteiger partial charge in [0, 0.05) is 25.8 Å². The van der Waals surface area contributed by atoms with Crippen molar-refractivity contribution in [3.05, 3.63) is 30.3 Å². The number of hydrogen-bond acceptors (Lipinski definition) is 8. The van der Waals surface area contributed by atoms with E-state index in [2.05, 4.69) is 10.6 Å². The number of esters is 1. The molecule has 5 amide bonds. The van der Waals surface area contributed by atoms with Crippen molar-refractivity contribution in [2.75, 3.05) is 39.5 Å². The van der Waals surface area contributed by atoms with E-state index in [1.165, 1.54) is 9.80 Å². The van der Waals surface area contributed by atoms with Crippen molar-refractivity contribution in [3.63, 3.8) is 0 Å². The molecule has 2 aliphatic rings. The Morgan fingerprint density at radius 3 is 1.85 bits per heavy atom. The van der Waals surface area contributed by atoms with Crippen molar-refractivity contribution in [1.82, 2.24) is 24.9 Å². The molecule has 6 unspecified atom stereocenters. The van der Waals surface area contributed by atoms with Crippen molar-refractivity contribution in [1.29, 1.82) is 0 Å². The fraction of sp³-hybridized carbons (Fsp3) is 0.700. The zero-order chi connectivity index (χ0) is 39.7. The zero-order valence-corrected chi connectivity index (χ0v) is 33.8. The van der Waals surface area contributed by atoms with E-state index in [1.807, 2.05) is 92.6 Å². The first-order valence-corrected chi connectivity index (χ1v) is 19.3. The maximum atomic E-state index is 14.4. The molecule has 1 aromatic carbocycles. The molecule has 2 N–H and O–H groups in total. The highest BCUT2D eigenvalue weighted by atomic mass is 16.5. The van der Waals surface area contributed by atoms with Gasteiger partial charge in [0.1, 0.15) is 30.3 Å². The number of rotatable bonds is 16. The van der Waals surface area contributed by atoms with Crippen LogP contribution in [0.25, 0.3) is 0 Å². The van der Waals surface area contributed by atoms with Gasteiger partial charge in [0.25, 0.3) is 0 Å². The van der Waals surface area contributed by atoms with Crippen LogP contribution in [0.2, 0.25) is 0 Å². The number of carbonyl (C=O) groups excluding carboxylic acids is 6. The quantitative estimate of drug-likeness (QED) is 0.244. The van der Waals surface area contributed by atoms with Gasteiger partial charge in [-0.2, -0.15) is 0 Å². The number of carbonyl (C=O) groups is 6. The maximum Gasteiger partial charge on any atom is 0.329 e. The van der Waals surface area contributed by atoms with E-state index in [-0.39, 0.29) is 59.6 Å². The summed E-state index contributed by atoms with van der Waals surface area (Å²) < 4.78 is 5.91. The second kappa shape index (κ2) is 19.4. The van der Waals surface area contributed by atoms with E-state index in [0.29, 0.717) is 44.5 Å². The van der Waals surface area contributed by atoms with Crippen LogP contribution in [0.3, 0.4) is 0 Å². The third kappa shape index (κ3) is 11.0. The monoisotopic (exact) mass is 740 g/mol. The molecule has 6 atom stereocenters. The Morgan fingerprint density at radius 2 is 1.32 bits per heavy atom. The molecule has 13 nitrogen and oxygen atoms in total. The number of para-hydroxylation sites is 1. The molecule has 13 heteroatoms. The van der Waals surface area contributed by atoms with Crippen molar-refractivity contribution in [3.8, 4) is 0 Å². The molecule has 0 spiro atoms. The Labute approximate surface area is 316 Å². The van der Waals surface area contributed by atoms with Crippen LogP contribution in [0, 0.1) is 23.7 Å². The fourth-order valence-electron chi connectivity index (χ4n) is 7.62. The molecule has 0 saturated carbocycles. The number of amides is 5. The Kier molecular flexibility index (Phi) is 15.9. The number of anilines is 1. The standard InChI is InChI=1S/C40H64N6O7/c1-24(2)31(23-32(47)41-28-17-13-12-14-18-28)53-40(52)30-20-16-22-46(30)37(49)29-19-15-21-45(29)39(51)35(27(7)8)44(11)38(50)33(25(3)4)42-36(48)34(26(5)6)43(9)10/h12-14,17-18,24-27,29-31,33-35H,15-16,19-23H2,1-11H3,(H,41,47)(H,42,48). The topological polar surface area (TPSA) is 149 Å². The van der Waals surface area contributed by atoms with E-state index < -0.39 is 42.3 Å². The molecule has 2 aliphatic heterocycles. The van der Waals surface area contributed by atoms with Gasteiger partial charge in [-0.25, -0.2) is 4.79 Å². The van der Waals surface area contributed by atoms with Crippen molar-refractivity contribution in [2.45, 2.75) is 124 Å². The van der Waals surface area contributed by atoms with Crippen LogP contribution in [0.5, 0.6) is 0 Å². The minimum Gasteiger partial charge on any atom is -0.460 e. The van der Waals surface area contributed by atoms with Gasteiger partial charge in [-0.1, -0.05) is 73.6 Å². The summed E-state index contributed by atoms with van der Waals surface area (Å²) in [4.78, 5) is 88.7. The third-order valence-electron chi connectivity index (χ3n) is 10.4. The summed E-state index contributed by atoms with van der Waals surface area (Å²) >= 11 is 0. The first kappa shape index (κ1) is 43.4. The molecular formula is C40H64N6O7. The normalized spacial score (nSPS) is 19.8. The van der Waals surface area contributed by atoms with Gasteiger partial charge < -0.3 is 30.1 Å². The third-order valence-corrected chi connectivity index (χ3v) is 10.4. The van der Waals surface area contributed by atoms with E-state index in [1.54, 1.807) is 24.1 Å². The molecule has 0 aromatic heterocycles. The van der Waals surface area contributed by atoms with E-state index in [9.17, 15) is 28.8 Å². The summed E-state index contributed by atoms with van der Waals surface area (Å²) in [6, 6.07) is 5.28. The van der Waals surface area contributed by atoms with Gasteiger partial charge >= 0.3 is 5.97 Å². The van der Waals surface area contributed by atoms with Gasteiger partial charge in [0.05, 0.1) is 12.5 Å². The number of nitrogens with zero attached hydrogens (tertiary/aromatic N) is 4. The molecule has 2 heterocycles. The van der Waals surface area contributed by atoms with Crippen LogP contribution in [-0.4, -0.2) is 126 Å². The molecular weight excluding hydrogens is 676 g/mol. The second-order valence-electron chi connectivity index (χ2n) is 16.2. The molecule has 0 aliphatic carbocycles. The van der Waals surface area contributed by atoms with E-state index in [4.69, 9.17) is 4.74 Å². The summed E-state index contributed by atoms with van der Waals surface area (Å²) in [6.07, 6.45) is 1.35. The van der Waals surface area contributed by atoms with Crippen LogP contribution < -0.4 is 10.6 Å². The largest absolute Gasteiger partial charge is 0.460 e. The van der Waals surface area contributed by atoms with Gasteiger partial charge in [-0.3, -0.25) is 28.9 Å². The van der Waals surface area contributed by atoms with Crippen LogP contribution in [-0.2, 0) is 33.5 Å². The average Bonchev–Trinajstić information content (AvgIpc) is 3.77. The molecule has 1 aromatic rings. The lowest BCUT2D eigenvalue weighted by molar-refractivity contribution is -0.162. The number of hydrogen-bond donors (Lipinski definition) is 2. The highest BCUT2D eigenvalue weighted by molar-refractivity contribution is 5.96. The summed E-state index contributed by atoms with van der Waals surface area (Å²) in [5, 5.41) is 5.80. The molecule has 0 bridgehead atoms. The van der Waals surface area contributed by atoms with Crippen LogP contribution >= 0.6 is 0 Å². The number of likely N-dealkylation sites (N-methyl/N-ethyl adjacent to an activating group) is 2. The number of nitrogens with one attached hydrogen (secondary N) is 2. The van der Waals surface area contributed by atoms with E-state index >= 15 is 0 Å². The Bertz CT molecular complexity index is 1420. The molecule has 296 valence electrons. The minimum absolute atomic E-state index is 0.0143. The summed E-state index contributed by atoms with van der Waals surface area (Å²) in [5.74, 6) is -2.77. The van der Waals surface area contributed by atoms with Gasteiger partial charge in [0.2, 0.25) is 29.5 Å². The van der Waals surface area contributed by atoms with Crippen molar-refractivity contribution in [2.24, 2.45) is 23.7 Å². The first-order chi connectivity index (χ1) is 24.9. The predicted molar refractivity (Wildman–Crippen MR) is 204 cm³/mol. The SMILES string of the molecule is CC(C)C(CC(=O)Nc1ccccc1)OC(=O)C1CCCN1C(=O)C1CCCN1C(=O)C(C(C)C)N(C)C(=O)C(NC(=O)C(C(C)C)N(C)C)C(C)C. The van der Waals surface area contributed by atoms with Crippen molar-refractivity contribution >= 4 is 41.2 Å². The Hall–Kier alpha value is -4.00. The summed E-state index contributed by atoms with van der Waals surface area (Å²) in [5.41, 5.74) is 0.649. The van der Waals surface area contributed by atoms with Gasteiger partial charge in [-0.15, -0.1) is 0 Å². The van der Waals surface area contributed by atoms with E-state index in [0.717, 1.165) is 0 Å². The van der Waals surface area contributed by atoms with Crippen LogP contribution in [0.4, 0.5) is 5.69 Å². The zero-order valence-electron chi connectivity index (χ0n) is 33.8. The smallest absolute Gasteiger partial charge is 0.329 e. The lowest BCUT2D eigenvalue weighted by atomic mass is 9.96. The highest BCUT2D eigenvalue weighted by Gasteiger charge is 2.46. The molecule has 2 saturated heterocycles. The fourth-order valence-corrected chi connectivity index (χ4v) is 7.62. The van der Waals surface area contributed by atoms with Gasteiger partial charge in [-0.05, 0) is 75.6 Å².